The van der Waals surface area contributed by atoms with Crippen LogP contribution in [-0.2, 0) is 15.1 Å². The van der Waals surface area contributed by atoms with Crippen molar-refractivity contribution < 1.29 is 33.5 Å². The third kappa shape index (κ3) is 4.29. The predicted molar refractivity (Wildman–Crippen MR) is 120 cm³/mol. The number of anilines is 1. The van der Waals surface area contributed by atoms with Crippen LogP contribution in [-0.4, -0.2) is 55.5 Å². The topological polar surface area (TPSA) is 149 Å². The van der Waals surface area contributed by atoms with Gasteiger partial charge in [0.1, 0.15) is 17.8 Å². The van der Waals surface area contributed by atoms with Crippen molar-refractivity contribution >= 4 is 29.2 Å². The molecule has 2 aromatic carbocycles. The number of aryl methyl sites for hydroxylation is 1. The average molecular weight is 472 g/mol. The van der Waals surface area contributed by atoms with Crippen LogP contribution in [0.25, 0.3) is 0 Å². The van der Waals surface area contributed by atoms with E-state index in [1.165, 1.54) is 52.5 Å². The summed E-state index contributed by atoms with van der Waals surface area (Å²) in [6, 6.07) is 6.55. The molecule has 12 nitrogen and oxygen atoms in total. The normalized spacial score (nSPS) is 17.3. The van der Waals surface area contributed by atoms with E-state index in [1.54, 1.807) is 13.0 Å². The Balaban J connectivity index is 1.86. The SMILES string of the molecule is COc1cc([C@]2(C)NC(=O)N(CC(=O)Nc3ccc(C)cc3[N+](=O)[O-])C2=O)cc(OC)c1OC. The van der Waals surface area contributed by atoms with Gasteiger partial charge in [-0.05, 0) is 43.2 Å². The molecular weight excluding hydrogens is 448 g/mol. The lowest BCUT2D eigenvalue weighted by molar-refractivity contribution is -0.384. The van der Waals surface area contributed by atoms with Gasteiger partial charge in [0.15, 0.2) is 11.5 Å². The van der Waals surface area contributed by atoms with Gasteiger partial charge in [0.2, 0.25) is 11.7 Å². The molecule has 0 aliphatic carbocycles. The van der Waals surface area contributed by atoms with Crippen molar-refractivity contribution in [1.82, 2.24) is 10.2 Å². The first-order chi connectivity index (χ1) is 16.0. The molecule has 3 rings (SSSR count). The molecule has 0 radical (unpaired) electrons. The molecule has 34 heavy (non-hydrogen) atoms. The van der Waals surface area contributed by atoms with Crippen molar-refractivity contribution in [2.75, 3.05) is 33.2 Å². The number of imide groups is 1. The Hall–Kier alpha value is -4.35. The van der Waals surface area contributed by atoms with E-state index in [9.17, 15) is 24.5 Å². The van der Waals surface area contributed by atoms with E-state index in [-0.39, 0.29) is 22.9 Å². The number of nitro benzene ring substituents is 1. The van der Waals surface area contributed by atoms with Crippen LogP contribution in [0.1, 0.15) is 18.1 Å². The number of methoxy groups -OCH3 is 3. The Bertz CT molecular complexity index is 1160. The maximum absolute atomic E-state index is 13.2. The van der Waals surface area contributed by atoms with Crippen LogP contribution in [0.5, 0.6) is 17.2 Å². The molecule has 0 saturated carbocycles. The second-order valence-corrected chi connectivity index (χ2v) is 7.69. The maximum atomic E-state index is 13.2. The first kappa shape index (κ1) is 24.3. The van der Waals surface area contributed by atoms with E-state index in [0.717, 1.165) is 4.90 Å². The molecule has 0 spiro atoms. The number of carbonyl (C=O) groups is 3. The summed E-state index contributed by atoms with van der Waals surface area (Å²) in [6.07, 6.45) is 0. The van der Waals surface area contributed by atoms with Gasteiger partial charge in [-0.1, -0.05) is 6.07 Å². The molecule has 1 aliphatic rings. The van der Waals surface area contributed by atoms with E-state index >= 15 is 0 Å². The zero-order valence-corrected chi connectivity index (χ0v) is 19.3. The third-order valence-electron chi connectivity index (χ3n) is 5.44. The number of nitro groups is 1. The fraction of sp³-hybridized carbons (Fsp3) is 0.318. The molecule has 0 bridgehead atoms. The summed E-state index contributed by atoms with van der Waals surface area (Å²) in [6.45, 7) is 2.52. The Morgan fingerprint density at radius 2 is 1.74 bits per heavy atom. The Kier molecular flexibility index (Phi) is 6.61. The highest BCUT2D eigenvalue weighted by Crippen LogP contribution is 2.42. The molecule has 1 saturated heterocycles. The fourth-order valence-corrected chi connectivity index (χ4v) is 3.64. The minimum absolute atomic E-state index is 0.0416. The summed E-state index contributed by atoms with van der Waals surface area (Å²) >= 11 is 0. The van der Waals surface area contributed by atoms with Gasteiger partial charge in [0.05, 0.1) is 26.3 Å². The molecule has 2 aromatic rings. The summed E-state index contributed by atoms with van der Waals surface area (Å²) in [5.74, 6) is -0.596. The lowest BCUT2D eigenvalue weighted by Crippen LogP contribution is -2.42. The van der Waals surface area contributed by atoms with E-state index < -0.39 is 34.9 Å². The standard InChI is InChI=1S/C22H24N4O8/c1-12-6-7-14(15(8-12)26(30)31)23-18(27)11-25-20(28)22(2,24-21(25)29)13-9-16(32-3)19(34-5)17(10-13)33-4/h6-10H,11H2,1-5H3,(H,23,27)(H,24,29)/t22-/m0/s1. The van der Waals surface area contributed by atoms with Crippen molar-refractivity contribution in [2.45, 2.75) is 19.4 Å². The Morgan fingerprint density at radius 1 is 1.12 bits per heavy atom. The van der Waals surface area contributed by atoms with E-state index in [0.29, 0.717) is 16.9 Å². The second-order valence-electron chi connectivity index (χ2n) is 7.69. The summed E-state index contributed by atoms with van der Waals surface area (Å²) in [7, 11) is 4.27. The maximum Gasteiger partial charge on any atom is 0.325 e. The second kappa shape index (κ2) is 9.25. The summed E-state index contributed by atoms with van der Waals surface area (Å²) in [4.78, 5) is 49.9. The molecule has 180 valence electrons. The first-order valence-electron chi connectivity index (χ1n) is 10.0. The van der Waals surface area contributed by atoms with Crippen molar-refractivity contribution in [1.29, 1.82) is 0 Å². The van der Waals surface area contributed by atoms with Crippen LogP contribution in [0, 0.1) is 17.0 Å². The van der Waals surface area contributed by atoms with Crippen LogP contribution < -0.4 is 24.8 Å². The predicted octanol–water partition coefficient (Wildman–Crippen LogP) is 2.33. The van der Waals surface area contributed by atoms with Crippen LogP contribution >= 0.6 is 0 Å². The molecular formula is C22H24N4O8. The van der Waals surface area contributed by atoms with Crippen molar-refractivity contribution in [3.63, 3.8) is 0 Å². The number of amides is 4. The first-order valence-corrected chi connectivity index (χ1v) is 10.0. The highest BCUT2D eigenvalue weighted by Gasteiger charge is 2.50. The van der Waals surface area contributed by atoms with Crippen molar-refractivity contribution in [2.24, 2.45) is 0 Å². The average Bonchev–Trinajstić information content (AvgIpc) is 3.02. The van der Waals surface area contributed by atoms with Crippen LogP contribution in [0.2, 0.25) is 0 Å². The molecule has 0 unspecified atom stereocenters. The Morgan fingerprint density at radius 3 is 2.26 bits per heavy atom. The zero-order chi connectivity index (χ0) is 25.2. The van der Waals surface area contributed by atoms with Crippen LogP contribution in [0.3, 0.4) is 0 Å². The lowest BCUT2D eigenvalue weighted by Gasteiger charge is -2.24. The number of benzene rings is 2. The van der Waals surface area contributed by atoms with Gasteiger partial charge in [-0.3, -0.25) is 24.6 Å². The number of hydrogen-bond acceptors (Lipinski definition) is 8. The number of rotatable bonds is 8. The van der Waals surface area contributed by atoms with Gasteiger partial charge in [-0.25, -0.2) is 4.79 Å². The number of urea groups is 1. The van der Waals surface area contributed by atoms with Crippen molar-refractivity contribution in [3.05, 3.63) is 51.6 Å². The minimum Gasteiger partial charge on any atom is -0.493 e. The highest BCUT2D eigenvalue weighted by atomic mass is 16.6. The van der Waals surface area contributed by atoms with Gasteiger partial charge in [-0.15, -0.1) is 0 Å². The lowest BCUT2D eigenvalue weighted by atomic mass is 9.91. The zero-order valence-electron chi connectivity index (χ0n) is 19.3. The van der Waals surface area contributed by atoms with Gasteiger partial charge < -0.3 is 24.8 Å². The van der Waals surface area contributed by atoms with Gasteiger partial charge in [-0.2, -0.15) is 0 Å². The van der Waals surface area contributed by atoms with Gasteiger partial charge in [0.25, 0.3) is 11.6 Å². The quantitative estimate of drug-likeness (QED) is 0.338. The Labute approximate surface area is 194 Å². The van der Waals surface area contributed by atoms with Gasteiger partial charge >= 0.3 is 6.03 Å². The van der Waals surface area contributed by atoms with E-state index in [2.05, 4.69) is 10.6 Å². The summed E-state index contributed by atoms with van der Waals surface area (Å²) < 4.78 is 15.9. The van der Waals surface area contributed by atoms with E-state index in [1.807, 2.05) is 0 Å². The number of ether oxygens (including phenoxy) is 3. The highest BCUT2D eigenvalue weighted by molar-refractivity contribution is 6.10. The van der Waals surface area contributed by atoms with Gasteiger partial charge in [0, 0.05) is 6.07 Å². The minimum atomic E-state index is -1.53. The molecule has 1 aliphatic heterocycles. The fourth-order valence-electron chi connectivity index (χ4n) is 3.64. The molecule has 12 heteroatoms. The van der Waals surface area contributed by atoms with E-state index in [4.69, 9.17) is 14.2 Å². The van der Waals surface area contributed by atoms with Crippen LogP contribution in [0.15, 0.2) is 30.3 Å². The molecule has 1 atom stereocenters. The molecule has 1 fully saturated rings. The number of nitrogens with one attached hydrogen (secondary N) is 2. The molecule has 2 N–H and O–H groups in total. The summed E-state index contributed by atoms with van der Waals surface area (Å²) in [5, 5.41) is 16.3. The summed E-state index contributed by atoms with van der Waals surface area (Å²) in [5.41, 5.74) is -0.884. The molecule has 1 heterocycles. The largest absolute Gasteiger partial charge is 0.493 e. The monoisotopic (exact) mass is 472 g/mol. The van der Waals surface area contributed by atoms with Crippen LogP contribution in [0.4, 0.5) is 16.2 Å². The smallest absolute Gasteiger partial charge is 0.325 e. The molecule has 0 aromatic heterocycles. The number of hydrogen-bond donors (Lipinski definition) is 2. The number of carbonyl (C=O) groups excluding carboxylic acids is 3. The molecule has 4 amide bonds. The third-order valence-corrected chi connectivity index (χ3v) is 5.44. The number of nitrogens with zero attached hydrogens (tertiary/aromatic N) is 2. The van der Waals surface area contributed by atoms with Crippen molar-refractivity contribution in [3.8, 4) is 17.2 Å².